The van der Waals surface area contributed by atoms with Gasteiger partial charge in [-0.3, -0.25) is 9.36 Å². The van der Waals surface area contributed by atoms with Gasteiger partial charge in [-0.1, -0.05) is 5.92 Å². The van der Waals surface area contributed by atoms with Crippen LogP contribution < -0.4 is 11.1 Å². The molecular weight excluding hydrogens is 401 g/mol. The standard InChI is InChI=1S/C15H15F3N6O5/c16-15(17,18)14(28)20-3-1-2-7-22-11(19)8-12(23-7)24(5-21-8)13-10(27)9(26)6(4-25)29-13/h5-6,9-10,13,25-27H,3-4H2,(H,20,28)(H2,19,22,23)/t6-,9-,10-,13-/m1/s1. The van der Waals surface area contributed by atoms with Gasteiger partial charge in [-0.05, 0) is 5.92 Å². The van der Waals surface area contributed by atoms with Crippen LogP contribution in [0.4, 0.5) is 19.0 Å². The van der Waals surface area contributed by atoms with Gasteiger partial charge in [-0.25, -0.2) is 15.0 Å². The van der Waals surface area contributed by atoms with Gasteiger partial charge in [0, 0.05) is 0 Å². The fraction of sp³-hybridized carbons (Fsp3) is 0.467. The van der Waals surface area contributed by atoms with Gasteiger partial charge >= 0.3 is 12.1 Å². The Hall–Kier alpha value is -2.99. The Morgan fingerprint density at radius 3 is 2.69 bits per heavy atom. The number of imidazole rings is 1. The predicted molar refractivity (Wildman–Crippen MR) is 88.7 cm³/mol. The number of aromatic nitrogens is 4. The molecule has 156 valence electrons. The Balaban J connectivity index is 1.85. The molecule has 0 bridgehead atoms. The Morgan fingerprint density at radius 2 is 2.07 bits per heavy atom. The largest absolute Gasteiger partial charge is 0.471 e. The monoisotopic (exact) mass is 416 g/mol. The van der Waals surface area contributed by atoms with E-state index in [4.69, 9.17) is 10.5 Å². The molecule has 1 aliphatic heterocycles. The highest BCUT2D eigenvalue weighted by Crippen LogP contribution is 2.31. The van der Waals surface area contributed by atoms with Gasteiger partial charge in [-0.15, -0.1) is 0 Å². The SMILES string of the molecule is Nc1nc(C#CCNC(=O)C(F)(F)F)nc2c1ncn2[C@@H]1O[C@H](CO)[C@@H](O)[C@H]1O. The molecule has 0 spiro atoms. The number of amides is 1. The lowest BCUT2D eigenvalue weighted by Crippen LogP contribution is -2.36. The van der Waals surface area contributed by atoms with E-state index in [0.717, 1.165) is 0 Å². The molecule has 1 fully saturated rings. The summed E-state index contributed by atoms with van der Waals surface area (Å²) in [4.78, 5) is 22.7. The minimum atomic E-state index is -5.02. The van der Waals surface area contributed by atoms with E-state index in [1.807, 2.05) is 0 Å². The van der Waals surface area contributed by atoms with Crippen molar-refractivity contribution >= 4 is 22.9 Å². The first-order valence-corrected chi connectivity index (χ1v) is 8.10. The summed E-state index contributed by atoms with van der Waals surface area (Å²) in [6, 6.07) is 0. The van der Waals surface area contributed by atoms with E-state index in [1.165, 1.54) is 10.9 Å². The third-order valence-corrected chi connectivity index (χ3v) is 4.03. The van der Waals surface area contributed by atoms with Crippen LogP contribution in [0.3, 0.4) is 0 Å². The molecule has 3 rings (SSSR count). The maximum atomic E-state index is 12.1. The summed E-state index contributed by atoms with van der Waals surface area (Å²) in [6.07, 6.45) is -8.69. The molecule has 0 unspecified atom stereocenters. The Labute approximate surface area is 160 Å². The summed E-state index contributed by atoms with van der Waals surface area (Å²) in [5, 5.41) is 30.8. The van der Waals surface area contributed by atoms with E-state index in [-0.39, 0.29) is 22.8 Å². The predicted octanol–water partition coefficient (Wildman–Crippen LogP) is -1.95. The molecule has 0 saturated carbocycles. The van der Waals surface area contributed by atoms with Crippen molar-refractivity contribution in [2.24, 2.45) is 0 Å². The van der Waals surface area contributed by atoms with Crippen LogP contribution in [0.15, 0.2) is 6.33 Å². The number of alkyl halides is 3. The van der Waals surface area contributed by atoms with E-state index < -0.39 is 49.8 Å². The Morgan fingerprint density at radius 1 is 1.34 bits per heavy atom. The summed E-state index contributed by atoms with van der Waals surface area (Å²) in [6.45, 7) is -1.13. The zero-order valence-electron chi connectivity index (χ0n) is 14.5. The molecule has 2 aromatic rings. The first-order valence-electron chi connectivity index (χ1n) is 8.10. The number of halogens is 3. The van der Waals surface area contributed by atoms with Crippen LogP contribution in [0.25, 0.3) is 11.2 Å². The zero-order chi connectivity index (χ0) is 21.3. The number of nitrogens with zero attached hydrogens (tertiary/aromatic N) is 4. The number of hydrogen-bond acceptors (Lipinski definition) is 9. The highest BCUT2D eigenvalue weighted by molar-refractivity contribution is 5.82. The number of nitrogen functional groups attached to an aromatic ring is 1. The summed E-state index contributed by atoms with van der Waals surface area (Å²) in [7, 11) is 0. The van der Waals surface area contributed by atoms with Crippen molar-refractivity contribution in [1.29, 1.82) is 0 Å². The third-order valence-electron chi connectivity index (χ3n) is 4.03. The van der Waals surface area contributed by atoms with Gasteiger partial charge in [0.1, 0.15) is 23.8 Å². The topological polar surface area (TPSA) is 169 Å². The van der Waals surface area contributed by atoms with Crippen molar-refractivity contribution in [2.75, 3.05) is 18.9 Å². The van der Waals surface area contributed by atoms with E-state index in [9.17, 15) is 33.3 Å². The van der Waals surface area contributed by atoms with Crippen molar-refractivity contribution in [3.8, 4) is 11.8 Å². The van der Waals surface area contributed by atoms with Crippen molar-refractivity contribution in [3.05, 3.63) is 12.2 Å². The third kappa shape index (κ3) is 4.07. The first-order chi connectivity index (χ1) is 13.6. The van der Waals surface area contributed by atoms with Crippen LogP contribution in [0, 0.1) is 11.8 Å². The van der Waals surface area contributed by atoms with Crippen LogP contribution in [0.2, 0.25) is 0 Å². The summed E-state index contributed by atoms with van der Waals surface area (Å²) in [5.41, 5.74) is 6.01. The zero-order valence-corrected chi connectivity index (χ0v) is 14.5. The molecule has 0 radical (unpaired) electrons. The molecule has 6 N–H and O–H groups in total. The van der Waals surface area contributed by atoms with Crippen LogP contribution in [0.5, 0.6) is 0 Å². The lowest BCUT2D eigenvalue weighted by molar-refractivity contribution is -0.173. The number of nitrogens with two attached hydrogens (primary N) is 1. The molecular formula is C15H15F3N6O5. The summed E-state index contributed by atoms with van der Waals surface area (Å²) < 4.78 is 43.0. The van der Waals surface area contributed by atoms with E-state index in [0.29, 0.717) is 0 Å². The van der Waals surface area contributed by atoms with Crippen LogP contribution in [0.1, 0.15) is 12.1 Å². The van der Waals surface area contributed by atoms with Crippen LogP contribution in [-0.2, 0) is 9.53 Å². The van der Waals surface area contributed by atoms with Gasteiger partial charge in [-0.2, -0.15) is 13.2 Å². The average molecular weight is 416 g/mol. The number of hydrogen-bond donors (Lipinski definition) is 5. The quantitative estimate of drug-likeness (QED) is 0.357. The molecule has 1 aliphatic rings. The van der Waals surface area contributed by atoms with Crippen LogP contribution >= 0.6 is 0 Å². The number of ether oxygens (including phenoxy) is 1. The van der Waals surface area contributed by atoms with Gasteiger partial charge in [0.15, 0.2) is 17.7 Å². The fourth-order valence-electron chi connectivity index (χ4n) is 2.64. The molecule has 11 nitrogen and oxygen atoms in total. The summed E-state index contributed by atoms with van der Waals surface area (Å²) in [5.74, 6) is 2.22. The van der Waals surface area contributed by atoms with Crippen molar-refractivity contribution in [1.82, 2.24) is 24.8 Å². The fourth-order valence-corrected chi connectivity index (χ4v) is 2.64. The van der Waals surface area contributed by atoms with E-state index in [1.54, 1.807) is 5.32 Å². The number of rotatable bonds is 3. The van der Waals surface area contributed by atoms with Gasteiger partial charge < -0.3 is 31.1 Å². The molecule has 29 heavy (non-hydrogen) atoms. The van der Waals surface area contributed by atoms with Crippen LogP contribution in [-0.4, -0.2) is 78.4 Å². The van der Waals surface area contributed by atoms with Gasteiger partial charge in [0.25, 0.3) is 0 Å². The molecule has 1 saturated heterocycles. The lowest BCUT2D eigenvalue weighted by atomic mass is 10.1. The Kier molecular flexibility index (Phi) is 5.57. The van der Waals surface area contributed by atoms with E-state index >= 15 is 0 Å². The molecule has 0 aromatic carbocycles. The average Bonchev–Trinajstić information content (AvgIpc) is 3.20. The lowest BCUT2D eigenvalue weighted by Gasteiger charge is -2.16. The highest BCUT2D eigenvalue weighted by atomic mass is 19.4. The second-order valence-electron chi connectivity index (χ2n) is 5.97. The molecule has 0 aliphatic carbocycles. The summed E-state index contributed by atoms with van der Waals surface area (Å²) >= 11 is 0. The van der Waals surface area contributed by atoms with E-state index in [2.05, 4.69) is 26.8 Å². The molecule has 2 aromatic heterocycles. The van der Waals surface area contributed by atoms with Crippen molar-refractivity contribution in [2.45, 2.75) is 30.7 Å². The molecule has 3 heterocycles. The second kappa shape index (κ2) is 7.79. The van der Waals surface area contributed by atoms with Crippen molar-refractivity contribution in [3.63, 3.8) is 0 Å². The van der Waals surface area contributed by atoms with Crippen molar-refractivity contribution < 1.29 is 38.0 Å². The van der Waals surface area contributed by atoms with Gasteiger partial charge in [0.05, 0.1) is 19.5 Å². The maximum absolute atomic E-state index is 12.1. The number of anilines is 1. The number of fused-ring (bicyclic) bond motifs is 1. The Bertz CT molecular complexity index is 984. The van der Waals surface area contributed by atoms with Gasteiger partial charge in [0.2, 0.25) is 5.82 Å². The number of carbonyl (C=O) groups is 1. The minimum absolute atomic E-state index is 0.0796. The molecule has 4 atom stereocenters. The number of aliphatic hydroxyl groups excluding tert-OH is 3. The maximum Gasteiger partial charge on any atom is 0.471 e. The number of carbonyl (C=O) groups excluding carboxylic acids is 1. The minimum Gasteiger partial charge on any atom is -0.394 e. The normalized spacial score (nSPS) is 24.3. The number of nitrogens with one attached hydrogen (secondary N) is 1. The second-order valence-corrected chi connectivity index (χ2v) is 5.97. The first kappa shape index (κ1) is 20.7. The smallest absolute Gasteiger partial charge is 0.394 e. The highest BCUT2D eigenvalue weighted by Gasteiger charge is 2.44. The molecule has 1 amide bonds. The molecule has 14 heteroatoms. The number of aliphatic hydroxyl groups is 3.